The molecule has 0 aliphatic heterocycles. The monoisotopic (exact) mass is 261 g/mol. The first-order valence-corrected chi connectivity index (χ1v) is 7.17. The van der Waals surface area contributed by atoms with E-state index in [0.29, 0.717) is 11.4 Å². The van der Waals surface area contributed by atoms with Crippen LogP contribution < -0.4 is 4.72 Å². The van der Waals surface area contributed by atoms with Gasteiger partial charge in [0.25, 0.3) is 0 Å². The first-order valence-electron chi connectivity index (χ1n) is 5.69. The molecule has 0 bridgehead atoms. The van der Waals surface area contributed by atoms with Crippen LogP contribution in [0.1, 0.15) is 11.1 Å². The summed E-state index contributed by atoms with van der Waals surface area (Å²) in [6.07, 6.45) is 0. The Morgan fingerprint density at radius 3 is 2.22 bits per heavy atom. The number of benzene rings is 2. The van der Waals surface area contributed by atoms with E-state index in [9.17, 15) is 8.42 Å². The summed E-state index contributed by atoms with van der Waals surface area (Å²) in [5.41, 5.74) is 2.06. The van der Waals surface area contributed by atoms with E-state index >= 15 is 0 Å². The van der Waals surface area contributed by atoms with Crippen molar-refractivity contribution in [2.24, 2.45) is 0 Å². The largest absolute Gasteiger partial charge is 0.240 e. The highest BCUT2D eigenvalue weighted by Gasteiger charge is 2.12. The average molecular weight is 261 g/mol. The van der Waals surface area contributed by atoms with E-state index in [4.69, 9.17) is 0 Å². The molecule has 0 spiro atoms. The van der Waals surface area contributed by atoms with Gasteiger partial charge in [0.15, 0.2) is 0 Å². The predicted molar refractivity (Wildman–Crippen MR) is 71.6 cm³/mol. The minimum absolute atomic E-state index is 0.290. The molecule has 0 aromatic heterocycles. The van der Waals surface area contributed by atoms with Gasteiger partial charge in [-0.2, -0.15) is 0 Å². The fourth-order valence-electron chi connectivity index (χ4n) is 1.66. The molecule has 0 fully saturated rings. The van der Waals surface area contributed by atoms with Gasteiger partial charge in [0.2, 0.25) is 10.0 Å². The standard InChI is InChI=1S/C14H15NO2S/c1-12-7-5-6-8-13(12)11-15-18(16,17)14-9-3-2-4-10-14/h2-10,15H,11H2,1H3. The van der Waals surface area contributed by atoms with Crippen molar-refractivity contribution in [1.29, 1.82) is 0 Å². The highest BCUT2D eigenvalue weighted by atomic mass is 32.2. The number of hydrogen-bond acceptors (Lipinski definition) is 2. The first kappa shape index (κ1) is 12.8. The molecular formula is C14H15NO2S. The highest BCUT2D eigenvalue weighted by molar-refractivity contribution is 7.89. The van der Waals surface area contributed by atoms with Crippen molar-refractivity contribution in [1.82, 2.24) is 4.72 Å². The van der Waals surface area contributed by atoms with Crippen LogP contribution >= 0.6 is 0 Å². The molecule has 4 heteroatoms. The van der Waals surface area contributed by atoms with Crippen LogP contribution in [0.5, 0.6) is 0 Å². The summed E-state index contributed by atoms with van der Waals surface area (Å²) in [5.74, 6) is 0. The van der Waals surface area contributed by atoms with Crippen LogP contribution in [0.3, 0.4) is 0 Å². The zero-order valence-electron chi connectivity index (χ0n) is 10.1. The summed E-state index contributed by atoms with van der Waals surface area (Å²) in [4.78, 5) is 0.290. The van der Waals surface area contributed by atoms with E-state index in [1.807, 2.05) is 31.2 Å². The molecule has 0 atom stereocenters. The van der Waals surface area contributed by atoms with Gasteiger partial charge >= 0.3 is 0 Å². The summed E-state index contributed by atoms with van der Waals surface area (Å²) < 4.78 is 26.6. The zero-order valence-corrected chi connectivity index (χ0v) is 10.9. The molecular weight excluding hydrogens is 246 g/mol. The molecule has 2 aromatic rings. The topological polar surface area (TPSA) is 46.2 Å². The summed E-state index contributed by atoms with van der Waals surface area (Å²) in [6, 6.07) is 16.1. The molecule has 1 N–H and O–H groups in total. The molecule has 0 aliphatic rings. The lowest BCUT2D eigenvalue weighted by molar-refractivity contribution is 0.581. The van der Waals surface area contributed by atoms with Crippen LogP contribution in [-0.4, -0.2) is 8.42 Å². The van der Waals surface area contributed by atoms with Gasteiger partial charge in [-0.3, -0.25) is 0 Å². The maximum Gasteiger partial charge on any atom is 0.240 e. The van der Waals surface area contributed by atoms with Crippen molar-refractivity contribution in [3.8, 4) is 0 Å². The Morgan fingerprint density at radius 2 is 1.56 bits per heavy atom. The van der Waals surface area contributed by atoms with Crippen LogP contribution in [0, 0.1) is 6.92 Å². The third kappa shape index (κ3) is 2.97. The van der Waals surface area contributed by atoms with E-state index in [-0.39, 0.29) is 0 Å². The zero-order chi connectivity index (χ0) is 13.0. The third-order valence-electron chi connectivity index (χ3n) is 2.77. The fraction of sp³-hybridized carbons (Fsp3) is 0.143. The minimum Gasteiger partial charge on any atom is -0.207 e. The average Bonchev–Trinajstić information content (AvgIpc) is 2.39. The minimum atomic E-state index is -3.43. The van der Waals surface area contributed by atoms with E-state index in [1.165, 1.54) is 0 Å². The molecule has 0 saturated heterocycles. The molecule has 0 aliphatic carbocycles. The Kier molecular flexibility index (Phi) is 3.79. The van der Waals surface area contributed by atoms with E-state index in [2.05, 4.69) is 4.72 Å². The van der Waals surface area contributed by atoms with Crippen LogP contribution in [0.15, 0.2) is 59.5 Å². The second-order valence-electron chi connectivity index (χ2n) is 4.06. The Hall–Kier alpha value is -1.65. The van der Waals surface area contributed by atoms with Gasteiger partial charge in [0, 0.05) is 6.54 Å². The number of aryl methyl sites for hydroxylation is 1. The van der Waals surface area contributed by atoms with E-state index in [1.54, 1.807) is 30.3 Å². The number of sulfonamides is 1. The molecule has 0 unspecified atom stereocenters. The summed E-state index contributed by atoms with van der Waals surface area (Å²) in [7, 11) is -3.43. The number of rotatable bonds is 4. The summed E-state index contributed by atoms with van der Waals surface area (Å²) in [6.45, 7) is 2.27. The lowest BCUT2D eigenvalue weighted by Crippen LogP contribution is -2.23. The molecule has 0 heterocycles. The normalized spacial score (nSPS) is 11.4. The molecule has 0 amide bonds. The fourth-order valence-corrected chi connectivity index (χ4v) is 2.69. The van der Waals surface area contributed by atoms with Crippen molar-refractivity contribution in [3.63, 3.8) is 0 Å². The van der Waals surface area contributed by atoms with Crippen molar-refractivity contribution >= 4 is 10.0 Å². The molecule has 0 saturated carbocycles. The molecule has 2 rings (SSSR count). The molecule has 0 radical (unpaired) electrons. The lowest BCUT2D eigenvalue weighted by atomic mass is 10.1. The Balaban J connectivity index is 2.14. The smallest absolute Gasteiger partial charge is 0.207 e. The van der Waals surface area contributed by atoms with E-state index in [0.717, 1.165) is 11.1 Å². The Morgan fingerprint density at radius 1 is 0.944 bits per heavy atom. The van der Waals surface area contributed by atoms with Gasteiger partial charge in [0.05, 0.1) is 4.90 Å². The van der Waals surface area contributed by atoms with Gasteiger partial charge in [-0.05, 0) is 30.2 Å². The number of nitrogens with one attached hydrogen (secondary N) is 1. The summed E-state index contributed by atoms with van der Waals surface area (Å²) >= 11 is 0. The molecule has 3 nitrogen and oxygen atoms in total. The second kappa shape index (κ2) is 5.33. The maximum absolute atomic E-state index is 12.0. The summed E-state index contributed by atoms with van der Waals surface area (Å²) in [5, 5.41) is 0. The van der Waals surface area contributed by atoms with Crippen LogP contribution in [0.2, 0.25) is 0 Å². The Bertz CT molecular complexity index is 621. The lowest BCUT2D eigenvalue weighted by Gasteiger charge is -2.08. The predicted octanol–water partition coefficient (Wildman–Crippen LogP) is 2.47. The highest BCUT2D eigenvalue weighted by Crippen LogP contribution is 2.10. The SMILES string of the molecule is Cc1ccccc1CNS(=O)(=O)c1ccccc1. The second-order valence-corrected chi connectivity index (χ2v) is 5.83. The molecule has 2 aromatic carbocycles. The van der Waals surface area contributed by atoms with E-state index < -0.39 is 10.0 Å². The third-order valence-corrected chi connectivity index (χ3v) is 4.18. The van der Waals surface area contributed by atoms with Gasteiger partial charge < -0.3 is 0 Å². The van der Waals surface area contributed by atoms with Gasteiger partial charge in [-0.1, -0.05) is 42.5 Å². The van der Waals surface area contributed by atoms with Gasteiger partial charge in [-0.15, -0.1) is 0 Å². The first-order chi connectivity index (χ1) is 8.59. The Labute approximate surface area is 108 Å². The van der Waals surface area contributed by atoms with Crippen LogP contribution in [0.25, 0.3) is 0 Å². The van der Waals surface area contributed by atoms with Crippen molar-refractivity contribution in [2.45, 2.75) is 18.4 Å². The molecule has 18 heavy (non-hydrogen) atoms. The van der Waals surface area contributed by atoms with Crippen molar-refractivity contribution < 1.29 is 8.42 Å². The maximum atomic E-state index is 12.0. The van der Waals surface area contributed by atoms with Crippen molar-refractivity contribution in [2.75, 3.05) is 0 Å². The van der Waals surface area contributed by atoms with Gasteiger partial charge in [-0.25, -0.2) is 13.1 Å². The van der Waals surface area contributed by atoms with Crippen LogP contribution in [0.4, 0.5) is 0 Å². The van der Waals surface area contributed by atoms with Crippen molar-refractivity contribution in [3.05, 3.63) is 65.7 Å². The number of hydrogen-bond donors (Lipinski definition) is 1. The van der Waals surface area contributed by atoms with Gasteiger partial charge in [0.1, 0.15) is 0 Å². The van der Waals surface area contributed by atoms with Crippen LogP contribution in [-0.2, 0) is 16.6 Å². The molecule has 94 valence electrons. The quantitative estimate of drug-likeness (QED) is 0.919.